The van der Waals surface area contributed by atoms with Gasteiger partial charge < -0.3 is 22.1 Å². The van der Waals surface area contributed by atoms with E-state index < -0.39 is 6.04 Å². The van der Waals surface area contributed by atoms with E-state index in [1.807, 2.05) is 0 Å². The average Bonchev–Trinajstić information content (AvgIpc) is 2.33. The van der Waals surface area contributed by atoms with Crippen LogP contribution in [0, 0.1) is 0 Å². The third kappa shape index (κ3) is 7.70. The molecule has 0 rings (SSSR count). The lowest BCUT2D eigenvalue weighted by atomic mass is 10.1. The molecule has 0 bridgehead atoms. The van der Waals surface area contributed by atoms with E-state index in [9.17, 15) is 9.59 Å². The third-order valence-electron chi connectivity index (χ3n) is 2.45. The smallest absolute Gasteiger partial charge is 0.242 e. The van der Waals surface area contributed by atoms with E-state index >= 15 is 0 Å². The zero-order chi connectivity index (χ0) is 13.1. The van der Waals surface area contributed by atoms with Crippen LogP contribution in [0.3, 0.4) is 0 Å². The minimum Gasteiger partial charge on any atom is -0.357 e. The van der Waals surface area contributed by atoms with Crippen LogP contribution < -0.4 is 22.1 Å². The minimum absolute atomic E-state index is 0.107. The standard InChI is InChI=1S/C11H24N4O2/c1-14-11(17)9(5-4-8-13)15-10(16)6-2-3-7-12/h9H,2-8,12-13H2,1H3,(H,14,17)(H,15,16). The van der Waals surface area contributed by atoms with E-state index in [0.29, 0.717) is 32.4 Å². The quantitative estimate of drug-likeness (QED) is 0.393. The number of unbranched alkanes of at least 4 members (excludes halogenated alkanes) is 1. The van der Waals surface area contributed by atoms with Gasteiger partial charge in [0.05, 0.1) is 0 Å². The summed E-state index contributed by atoms with van der Waals surface area (Å²) >= 11 is 0. The molecule has 0 aliphatic rings. The number of nitrogens with one attached hydrogen (secondary N) is 2. The van der Waals surface area contributed by atoms with Gasteiger partial charge in [-0.15, -0.1) is 0 Å². The van der Waals surface area contributed by atoms with Crippen molar-refractivity contribution in [2.75, 3.05) is 20.1 Å². The van der Waals surface area contributed by atoms with Crippen LogP contribution in [0.2, 0.25) is 0 Å². The first-order chi connectivity index (χ1) is 8.15. The van der Waals surface area contributed by atoms with E-state index in [0.717, 1.165) is 12.8 Å². The number of likely N-dealkylation sites (N-methyl/N-ethyl adjacent to an activating group) is 1. The van der Waals surface area contributed by atoms with E-state index in [2.05, 4.69) is 10.6 Å². The maximum Gasteiger partial charge on any atom is 0.242 e. The largest absolute Gasteiger partial charge is 0.357 e. The van der Waals surface area contributed by atoms with Crippen molar-refractivity contribution in [2.24, 2.45) is 11.5 Å². The lowest BCUT2D eigenvalue weighted by Gasteiger charge is -2.16. The van der Waals surface area contributed by atoms with Crippen LogP contribution in [-0.2, 0) is 9.59 Å². The van der Waals surface area contributed by atoms with Gasteiger partial charge in [0.1, 0.15) is 6.04 Å². The molecule has 1 atom stereocenters. The molecule has 6 nitrogen and oxygen atoms in total. The summed E-state index contributed by atoms with van der Waals surface area (Å²) in [4.78, 5) is 23.0. The molecule has 0 spiro atoms. The molecule has 6 heteroatoms. The lowest BCUT2D eigenvalue weighted by molar-refractivity contribution is -0.129. The fourth-order valence-corrected chi connectivity index (χ4v) is 1.46. The van der Waals surface area contributed by atoms with Crippen LogP contribution in [-0.4, -0.2) is 38.0 Å². The summed E-state index contributed by atoms with van der Waals surface area (Å²) in [5, 5.41) is 5.25. The fourth-order valence-electron chi connectivity index (χ4n) is 1.46. The van der Waals surface area contributed by atoms with Crippen molar-refractivity contribution in [3.05, 3.63) is 0 Å². The molecule has 0 aromatic rings. The van der Waals surface area contributed by atoms with E-state index in [-0.39, 0.29) is 11.8 Å². The van der Waals surface area contributed by atoms with Crippen molar-refractivity contribution < 1.29 is 9.59 Å². The van der Waals surface area contributed by atoms with E-state index in [4.69, 9.17) is 11.5 Å². The van der Waals surface area contributed by atoms with Gasteiger partial charge in [0, 0.05) is 13.5 Å². The number of carbonyl (C=O) groups is 2. The Labute approximate surface area is 102 Å². The van der Waals surface area contributed by atoms with Gasteiger partial charge in [0.15, 0.2) is 0 Å². The summed E-state index contributed by atoms with van der Waals surface area (Å²) in [6.45, 7) is 1.09. The predicted octanol–water partition coefficient (Wildman–Crippen LogP) is -0.915. The fraction of sp³-hybridized carbons (Fsp3) is 0.818. The van der Waals surface area contributed by atoms with Crippen LogP contribution >= 0.6 is 0 Å². The second-order valence-electron chi connectivity index (χ2n) is 3.91. The van der Waals surface area contributed by atoms with Gasteiger partial charge in [-0.1, -0.05) is 0 Å². The van der Waals surface area contributed by atoms with Crippen molar-refractivity contribution in [1.29, 1.82) is 0 Å². The van der Waals surface area contributed by atoms with Gasteiger partial charge in [0.2, 0.25) is 11.8 Å². The summed E-state index contributed by atoms with van der Waals surface area (Å²) < 4.78 is 0. The maximum atomic E-state index is 11.5. The number of carbonyl (C=O) groups excluding carboxylic acids is 2. The predicted molar refractivity (Wildman–Crippen MR) is 67.2 cm³/mol. The van der Waals surface area contributed by atoms with Gasteiger partial charge in [-0.2, -0.15) is 0 Å². The first-order valence-electron chi connectivity index (χ1n) is 6.06. The third-order valence-corrected chi connectivity index (χ3v) is 2.45. The van der Waals surface area contributed by atoms with Crippen LogP contribution in [0.5, 0.6) is 0 Å². The second-order valence-corrected chi connectivity index (χ2v) is 3.91. The molecule has 0 radical (unpaired) electrons. The Kier molecular flexibility index (Phi) is 9.37. The molecule has 0 heterocycles. The summed E-state index contributed by atoms with van der Waals surface area (Å²) in [7, 11) is 1.55. The highest BCUT2D eigenvalue weighted by Gasteiger charge is 2.18. The molecule has 100 valence electrons. The first kappa shape index (κ1) is 15.9. The van der Waals surface area contributed by atoms with Gasteiger partial charge in [0.25, 0.3) is 0 Å². The first-order valence-corrected chi connectivity index (χ1v) is 6.06. The molecule has 1 unspecified atom stereocenters. The molecule has 0 fully saturated rings. The highest BCUT2D eigenvalue weighted by Crippen LogP contribution is 1.99. The highest BCUT2D eigenvalue weighted by molar-refractivity contribution is 5.87. The Hall–Kier alpha value is -1.14. The zero-order valence-corrected chi connectivity index (χ0v) is 10.5. The normalized spacial score (nSPS) is 11.9. The Balaban J connectivity index is 4.03. The lowest BCUT2D eigenvalue weighted by Crippen LogP contribution is -2.45. The van der Waals surface area contributed by atoms with Gasteiger partial charge >= 0.3 is 0 Å². The molecule has 17 heavy (non-hydrogen) atoms. The minimum atomic E-state index is -0.478. The molecular weight excluding hydrogens is 220 g/mol. The van der Waals surface area contributed by atoms with Gasteiger partial charge in [-0.25, -0.2) is 0 Å². The number of rotatable bonds is 9. The van der Waals surface area contributed by atoms with Gasteiger partial charge in [-0.05, 0) is 38.8 Å². The second kappa shape index (κ2) is 10.0. The molecule has 0 saturated carbocycles. The van der Waals surface area contributed by atoms with Crippen LogP contribution in [0.15, 0.2) is 0 Å². The summed E-state index contributed by atoms with van der Waals surface area (Å²) in [5.74, 6) is -0.283. The molecule has 0 saturated heterocycles. The van der Waals surface area contributed by atoms with Crippen LogP contribution in [0.4, 0.5) is 0 Å². The molecule has 0 aromatic carbocycles. The van der Waals surface area contributed by atoms with Crippen LogP contribution in [0.25, 0.3) is 0 Å². The summed E-state index contributed by atoms with van der Waals surface area (Å²) in [6.07, 6.45) is 3.26. The number of nitrogens with two attached hydrogens (primary N) is 2. The number of hydrogen-bond acceptors (Lipinski definition) is 4. The monoisotopic (exact) mass is 244 g/mol. The molecule has 0 aliphatic heterocycles. The highest BCUT2D eigenvalue weighted by atomic mass is 16.2. The van der Waals surface area contributed by atoms with Gasteiger partial charge in [-0.3, -0.25) is 9.59 Å². The van der Waals surface area contributed by atoms with Crippen LogP contribution in [0.1, 0.15) is 32.1 Å². The Morgan fingerprint density at radius 3 is 2.29 bits per heavy atom. The number of hydrogen-bond donors (Lipinski definition) is 4. The molecular formula is C11H24N4O2. The zero-order valence-electron chi connectivity index (χ0n) is 10.5. The van der Waals surface area contributed by atoms with Crippen molar-refractivity contribution in [3.8, 4) is 0 Å². The van der Waals surface area contributed by atoms with Crippen molar-refractivity contribution >= 4 is 11.8 Å². The maximum absolute atomic E-state index is 11.5. The number of amides is 2. The Morgan fingerprint density at radius 1 is 1.12 bits per heavy atom. The summed E-state index contributed by atoms with van der Waals surface area (Å²) in [6, 6.07) is -0.478. The van der Waals surface area contributed by atoms with Crippen molar-refractivity contribution in [2.45, 2.75) is 38.1 Å². The topological polar surface area (TPSA) is 110 Å². The van der Waals surface area contributed by atoms with Crippen molar-refractivity contribution in [1.82, 2.24) is 10.6 Å². The molecule has 6 N–H and O–H groups in total. The SMILES string of the molecule is CNC(=O)C(CCCN)NC(=O)CCCCN. The molecule has 2 amide bonds. The average molecular weight is 244 g/mol. The Morgan fingerprint density at radius 2 is 1.76 bits per heavy atom. The molecule has 0 aliphatic carbocycles. The summed E-state index contributed by atoms with van der Waals surface area (Å²) in [5.41, 5.74) is 10.7. The molecule has 0 aromatic heterocycles. The van der Waals surface area contributed by atoms with Crippen molar-refractivity contribution in [3.63, 3.8) is 0 Å². The Bertz CT molecular complexity index is 234. The van der Waals surface area contributed by atoms with E-state index in [1.165, 1.54) is 0 Å². The van der Waals surface area contributed by atoms with E-state index in [1.54, 1.807) is 7.05 Å².